The van der Waals surface area contributed by atoms with E-state index in [2.05, 4.69) is 4.74 Å². The van der Waals surface area contributed by atoms with Gasteiger partial charge in [0.2, 0.25) is 0 Å². The molecule has 0 aliphatic carbocycles. The number of carbonyl (C=O) groups excluding carboxylic acids is 2. The zero-order valence-electron chi connectivity index (χ0n) is 5.42. The van der Waals surface area contributed by atoms with E-state index in [0.29, 0.717) is 12.7 Å². The van der Waals surface area contributed by atoms with Crippen molar-refractivity contribution in [1.29, 1.82) is 0 Å². The van der Waals surface area contributed by atoms with Gasteiger partial charge < -0.3 is 9.53 Å². The van der Waals surface area contributed by atoms with E-state index in [1.807, 2.05) is 0 Å². The van der Waals surface area contributed by atoms with E-state index in [0.717, 1.165) is 0 Å². The smallest absolute Gasteiger partial charge is 0.158 e. The Hall–Kier alpha value is -0.700. The molecule has 3 heteroatoms. The lowest BCUT2D eigenvalue weighted by Crippen LogP contribution is -2.07. The molecule has 9 heavy (non-hydrogen) atoms. The van der Waals surface area contributed by atoms with Crippen molar-refractivity contribution in [3.8, 4) is 0 Å². The highest BCUT2D eigenvalue weighted by Gasteiger charge is 1.95. The van der Waals surface area contributed by atoms with E-state index in [1.54, 1.807) is 6.92 Å². The number of hydrogen-bond acceptors (Lipinski definition) is 3. The van der Waals surface area contributed by atoms with Gasteiger partial charge in [-0.05, 0) is 0 Å². The summed E-state index contributed by atoms with van der Waals surface area (Å²) in [4.78, 5) is 20.1. The predicted octanol–water partition coefficient (Wildman–Crippen LogP) is 0.181. The minimum absolute atomic E-state index is 0.0196. The van der Waals surface area contributed by atoms with Gasteiger partial charge in [-0.1, -0.05) is 6.92 Å². The first kappa shape index (κ1) is 8.30. The number of ether oxygens (including phenoxy) is 1. The van der Waals surface area contributed by atoms with Gasteiger partial charge in [-0.3, -0.25) is 4.79 Å². The van der Waals surface area contributed by atoms with Crippen molar-refractivity contribution in [3.63, 3.8) is 0 Å². The molecule has 0 radical (unpaired) electrons. The van der Waals surface area contributed by atoms with Gasteiger partial charge in [0.1, 0.15) is 19.5 Å². The quantitative estimate of drug-likeness (QED) is 0.394. The lowest BCUT2D eigenvalue weighted by Gasteiger charge is -1.94. The zero-order valence-corrected chi connectivity index (χ0v) is 5.42. The Morgan fingerprint density at radius 1 is 1.67 bits per heavy atom. The molecule has 52 valence electrons. The maximum Gasteiger partial charge on any atom is 0.158 e. The maximum atomic E-state index is 10.4. The average molecular weight is 130 g/mol. The Bertz CT molecular complexity index is 98.5. The summed E-state index contributed by atoms with van der Waals surface area (Å²) in [6.07, 6.45) is 1.10. The molecule has 0 aromatic carbocycles. The first-order valence-corrected chi connectivity index (χ1v) is 2.84. The van der Waals surface area contributed by atoms with Crippen molar-refractivity contribution in [1.82, 2.24) is 0 Å². The first-order chi connectivity index (χ1) is 4.31. The molecule has 0 atom stereocenters. The van der Waals surface area contributed by atoms with E-state index in [9.17, 15) is 9.59 Å². The van der Waals surface area contributed by atoms with Crippen LogP contribution in [0, 0.1) is 0 Å². The van der Waals surface area contributed by atoms with Crippen molar-refractivity contribution in [2.45, 2.75) is 13.3 Å². The third-order valence-corrected chi connectivity index (χ3v) is 0.843. The summed E-state index contributed by atoms with van der Waals surface area (Å²) in [5, 5.41) is 0. The lowest BCUT2D eigenvalue weighted by atomic mass is 10.3. The van der Waals surface area contributed by atoms with Crippen LogP contribution in [0.5, 0.6) is 0 Å². The molecule has 0 unspecified atom stereocenters. The van der Waals surface area contributed by atoms with Gasteiger partial charge in [0, 0.05) is 6.42 Å². The number of ketones is 1. The maximum absolute atomic E-state index is 10.4. The molecule has 0 aliphatic heterocycles. The fourth-order valence-electron chi connectivity index (χ4n) is 0.323. The number of Topliss-reactive ketones (excluding diaryl/α,β-unsaturated/α-hetero) is 1. The van der Waals surface area contributed by atoms with Crippen LogP contribution in [0.2, 0.25) is 0 Å². The molecule has 0 amide bonds. The third-order valence-electron chi connectivity index (χ3n) is 0.843. The summed E-state index contributed by atoms with van der Waals surface area (Å²) < 4.78 is 4.62. The fourth-order valence-corrected chi connectivity index (χ4v) is 0.323. The second-order valence-electron chi connectivity index (χ2n) is 1.57. The molecule has 0 aliphatic rings. The van der Waals surface area contributed by atoms with Gasteiger partial charge in [0.25, 0.3) is 0 Å². The normalized spacial score (nSPS) is 9.00. The Morgan fingerprint density at radius 2 is 2.33 bits per heavy atom. The van der Waals surface area contributed by atoms with Crippen molar-refractivity contribution in [2.24, 2.45) is 0 Å². The molecule has 0 spiro atoms. The molecule has 0 N–H and O–H groups in total. The topological polar surface area (TPSA) is 43.4 Å². The van der Waals surface area contributed by atoms with Crippen LogP contribution in [0.15, 0.2) is 0 Å². The van der Waals surface area contributed by atoms with Crippen LogP contribution >= 0.6 is 0 Å². The van der Waals surface area contributed by atoms with Crippen LogP contribution < -0.4 is 0 Å². The van der Waals surface area contributed by atoms with Gasteiger partial charge in [-0.15, -0.1) is 0 Å². The van der Waals surface area contributed by atoms with Crippen molar-refractivity contribution in [2.75, 3.05) is 13.2 Å². The zero-order chi connectivity index (χ0) is 7.11. The van der Waals surface area contributed by atoms with E-state index >= 15 is 0 Å². The monoisotopic (exact) mass is 130 g/mol. The van der Waals surface area contributed by atoms with E-state index in [4.69, 9.17) is 0 Å². The molecule has 0 fully saturated rings. The highest BCUT2D eigenvalue weighted by atomic mass is 16.5. The average Bonchev–Trinajstić information content (AvgIpc) is 1.89. The molecule has 0 rings (SSSR count). The predicted molar refractivity (Wildman–Crippen MR) is 32.2 cm³/mol. The molecular weight excluding hydrogens is 120 g/mol. The van der Waals surface area contributed by atoms with Crippen LogP contribution in [0.1, 0.15) is 13.3 Å². The number of hydrogen-bond donors (Lipinski definition) is 0. The molecular formula is C6H10O3. The number of rotatable bonds is 5. The molecule has 3 nitrogen and oxygen atoms in total. The van der Waals surface area contributed by atoms with Gasteiger partial charge >= 0.3 is 0 Å². The van der Waals surface area contributed by atoms with Crippen LogP contribution in [0.25, 0.3) is 0 Å². The van der Waals surface area contributed by atoms with Gasteiger partial charge in [-0.2, -0.15) is 0 Å². The molecule has 0 aromatic heterocycles. The minimum Gasteiger partial charge on any atom is -0.366 e. The Balaban J connectivity index is 3.06. The fraction of sp³-hybridized carbons (Fsp3) is 0.667. The van der Waals surface area contributed by atoms with Gasteiger partial charge in [0.15, 0.2) is 5.78 Å². The Morgan fingerprint density at radius 3 is 2.78 bits per heavy atom. The van der Waals surface area contributed by atoms with Crippen LogP contribution in [-0.4, -0.2) is 25.3 Å². The van der Waals surface area contributed by atoms with Crippen LogP contribution in [0.3, 0.4) is 0 Å². The molecule has 0 saturated carbocycles. The summed E-state index contributed by atoms with van der Waals surface area (Å²) >= 11 is 0. The summed E-state index contributed by atoms with van der Waals surface area (Å²) in [5.74, 6) is 0.0249. The number of aldehydes is 1. The summed E-state index contributed by atoms with van der Waals surface area (Å²) in [6, 6.07) is 0. The van der Waals surface area contributed by atoms with E-state index in [-0.39, 0.29) is 19.0 Å². The van der Waals surface area contributed by atoms with Crippen LogP contribution in [0.4, 0.5) is 0 Å². The summed E-state index contributed by atoms with van der Waals surface area (Å²) in [6.45, 7) is 1.84. The molecule has 0 aromatic rings. The van der Waals surface area contributed by atoms with E-state index < -0.39 is 0 Å². The molecule has 0 heterocycles. The first-order valence-electron chi connectivity index (χ1n) is 2.84. The number of carbonyl (C=O) groups is 2. The summed E-state index contributed by atoms with van der Waals surface area (Å²) in [7, 11) is 0. The van der Waals surface area contributed by atoms with E-state index in [1.165, 1.54) is 0 Å². The Labute approximate surface area is 54.0 Å². The highest BCUT2D eigenvalue weighted by molar-refractivity contribution is 5.79. The minimum atomic E-state index is 0.0196. The lowest BCUT2D eigenvalue weighted by molar-refractivity contribution is -0.124. The van der Waals surface area contributed by atoms with Gasteiger partial charge in [0.05, 0.1) is 0 Å². The van der Waals surface area contributed by atoms with Crippen molar-refractivity contribution in [3.05, 3.63) is 0 Å². The standard InChI is InChI=1S/C6H10O3/c1-2-6(8)5-9-4-3-7/h3H,2,4-5H2,1H3. The molecule has 0 saturated heterocycles. The van der Waals surface area contributed by atoms with Crippen LogP contribution in [-0.2, 0) is 14.3 Å². The SMILES string of the molecule is CCC(=O)COCC=O. The van der Waals surface area contributed by atoms with Crippen molar-refractivity contribution >= 4 is 12.1 Å². The van der Waals surface area contributed by atoms with Crippen molar-refractivity contribution < 1.29 is 14.3 Å². The summed E-state index contributed by atoms with van der Waals surface area (Å²) in [5.41, 5.74) is 0. The van der Waals surface area contributed by atoms with Gasteiger partial charge in [-0.25, -0.2) is 0 Å². The highest BCUT2D eigenvalue weighted by Crippen LogP contribution is 1.80. The third kappa shape index (κ3) is 5.17. The second kappa shape index (κ2) is 5.44. The largest absolute Gasteiger partial charge is 0.366 e. The second-order valence-corrected chi connectivity index (χ2v) is 1.57. The Kier molecular flexibility index (Phi) is 5.01. The molecule has 0 bridgehead atoms.